The average molecular weight is 442 g/mol. The Morgan fingerprint density at radius 2 is 1.84 bits per heavy atom. The minimum atomic E-state index is -3.18. The Labute approximate surface area is 183 Å². The molecule has 0 aromatic heterocycles. The molecule has 0 aliphatic carbocycles. The standard InChI is InChI=1S/C23H27N3O4S/c27-23(24-21-4-1-3-20(17-21)18-25-12-14-30-15-13-25)10-7-19-5-8-22(9-6-19)26-11-2-16-31(26,28)29/h1,3-10,17H,2,11-16,18H2,(H,24,27)/b10-7+. The van der Waals surface area contributed by atoms with Gasteiger partial charge in [-0.2, -0.15) is 0 Å². The molecule has 2 aliphatic rings. The molecule has 0 unspecified atom stereocenters. The largest absolute Gasteiger partial charge is 0.379 e. The predicted molar refractivity (Wildman–Crippen MR) is 122 cm³/mol. The van der Waals surface area contributed by atoms with Crippen LogP contribution in [0.15, 0.2) is 54.6 Å². The van der Waals surface area contributed by atoms with Crippen molar-refractivity contribution in [3.63, 3.8) is 0 Å². The van der Waals surface area contributed by atoms with Crippen LogP contribution >= 0.6 is 0 Å². The van der Waals surface area contributed by atoms with Crippen LogP contribution in [0.1, 0.15) is 17.5 Å². The third-order valence-corrected chi connectivity index (χ3v) is 7.28. The Morgan fingerprint density at radius 1 is 1.06 bits per heavy atom. The van der Waals surface area contributed by atoms with E-state index < -0.39 is 10.0 Å². The van der Waals surface area contributed by atoms with Crippen LogP contribution in [0, 0.1) is 0 Å². The normalized spacial score (nSPS) is 19.0. The SMILES string of the molecule is O=C(/C=C/c1ccc(N2CCCS2(=O)=O)cc1)Nc1cccc(CN2CCOCC2)c1. The van der Waals surface area contributed by atoms with Gasteiger partial charge >= 0.3 is 0 Å². The van der Waals surface area contributed by atoms with E-state index >= 15 is 0 Å². The predicted octanol–water partition coefficient (Wildman–Crippen LogP) is 2.71. The van der Waals surface area contributed by atoms with Crippen molar-refractivity contribution < 1.29 is 17.9 Å². The Hall–Kier alpha value is -2.68. The first kappa shape index (κ1) is 21.5. The number of sulfonamides is 1. The summed E-state index contributed by atoms with van der Waals surface area (Å²) in [6.45, 7) is 4.71. The highest BCUT2D eigenvalue weighted by Crippen LogP contribution is 2.24. The molecule has 2 aliphatic heterocycles. The van der Waals surface area contributed by atoms with Gasteiger partial charge in [-0.3, -0.25) is 14.0 Å². The molecule has 1 N–H and O–H groups in total. The minimum Gasteiger partial charge on any atom is -0.379 e. The van der Waals surface area contributed by atoms with E-state index in [1.54, 1.807) is 18.2 Å². The number of nitrogens with one attached hydrogen (secondary N) is 1. The first-order valence-corrected chi connectivity index (χ1v) is 12.1. The number of hydrogen-bond acceptors (Lipinski definition) is 5. The molecule has 2 saturated heterocycles. The van der Waals surface area contributed by atoms with E-state index in [9.17, 15) is 13.2 Å². The van der Waals surface area contributed by atoms with Crippen LogP contribution in [-0.2, 0) is 26.1 Å². The number of benzene rings is 2. The second kappa shape index (κ2) is 9.64. The molecule has 2 heterocycles. The number of amides is 1. The van der Waals surface area contributed by atoms with Gasteiger partial charge in [0, 0.05) is 37.9 Å². The first-order valence-electron chi connectivity index (χ1n) is 10.5. The van der Waals surface area contributed by atoms with E-state index in [0.29, 0.717) is 18.7 Å². The second-order valence-corrected chi connectivity index (χ2v) is 9.76. The number of ether oxygens (including phenoxy) is 1. The van der Waals surface area contributed by atoms with Gasteiger partial charge in [-0.15, -0.1) is 0 Å². The fraction of sp³-hybridized carbons (Fsp3) is 0.348. The molecule has 2 aromatic carbocycles. The lowest BCUT2D eigenvalue weighted by Crippen LogP contribution is -2.35. The molecule has 2 aromatic rings. The van der Waals surface area contributed by atoms with E-state index in [1.807, 2.05) is 30.3 Å². The zero-order valence-electron chi connectivity index (χ0n) is 17.4. The summed E-state index contributed by atoms with van der Waals surface area (Å²) in [7, 11) is -3.18. The van der Waals surface area contributed by atoms with E-state index in [-0.39, 0.29) is 11.7 Å². The van der Waals surface area contributed by atoms with Crippen LogP contribution in [0.5, 0.6) is 0 Å². The third-order valence-electron chi connectivity index (χ3n) is 5.41. The summed E-state index contributed by atoms with van der Waals surface area (Å²) in [5.41, 5.74) is 3.40. The second-order valence-electron chi connectivity index (χ2n) is 7.74. The molecule has 4 rings (SSSR count). The Morgan fingerprint density at radius 3 is 2.55 bits per heavy atom. The maximum Gasteiger partial charge on any atom is 0.248 e. The fourth-order valence-electron chi connectivity index (χ4n) is 3.80. The minimum absolute atomic E-state index is 0.197. The zero-order valence-corrected chi connectivity index (χ0v) is 18.2. The lowest BCUT2D eigenvalue weighted by molar-refractivity contribution is -0.111. The monoisotopic (exact) mass is 441 g/mol. The van der Waals surface area contributed by atoms with Gasteiger partial charge in [-0.25, -0.2) is 8.42 Å². The summed E-state index contributed by atoms with van der Waals surface area (Å²) >= 11 is 0. The van der Waals surface area contributed by atoms with Crippen molar-refractivity contribution in [1.29, 1.82) is 0 Å². The maximum atomic E-state index is 12.3. The zero-order chi connectivity index (χ0) is 21.7. The number of rotatable bonds is 6. The quantitative estimate of drug-likeness (QED) is 0.698. The molecule has 2 fully saturated rings. The lowest BCUT2D eigenvalue weighted by atomic mass is 10.1. The van der Waals surface area contributed by atoms with Crippen molar-refractivity contribution in [2.75, 3.05) is 48.2 Å². The molecular weight excluding hydrogens is 414 g/mol. The van der Waals surface area contributed by atoms with E-state index in [2.05, 4.69) is 16.3 Å². The van der Waals surface area contributed by atoms with Crippen LogP contribution in [0.25, 0.3) is 6.08 Å². The lowest BCUT2D eigenvalue weighted by Gasteiger charge is -2.26. The Bertz CT molecular complexity index is 1040. The van der Waals surface area contributed by atoms with Crippen molar-refractivity contribution >= 4 is 33.4 Å². The van der Waals surface area contributed by atoms with Crippen LogP contribution in [-0.4, -0.2) is 57.8 Å². The van der Waals surface area contributed by atoms with Gasteiger partial charge < -0.3 is 10.1 Å². The molecule has 0 bridgehead atoms. The van der Waals surface area contributed by atoms with Crippen LogP contribution in [0.4, 0.5) is 11.4 Å². The maximum absolute atomic E-state index is 12.3. The molecule has 0 spiro atoms. The molecule has 31 heavy (non-hydrogen) atoms. The van der Waals surface area contributed by atoms with Gasteiger partial charge in [0.2, 0.25) is 15.9 Å². The average Bonchev–Trinajstić information content (AvgIpc) is 3.12. The molecule has 0 atom stereocenters. The van der Waals surface area contributed by atoms with Gasteiger partial charge in [-0.1, -0.05) is 24.3 Å². The highest BCUT2D eigenvalue weighted by molar-refractivity contribution is 7.93. The fourth-order valence-corrected chi connectivity index (χ4v) is 5.37. The summed E-state index contributed by atoms with van der Waals surface area (Å²) in [5, 5.41) is 2.90. The van der Waals surface area contributed by atoms with Crippen molar-refractivity contribution in [1.82, 2.24) is 4.90 Å². The van der Waals surface area contributed by atoms with Crippen molar-refractivity contribution in [3.05, 3.63) is 65.7 Å². The molecular formula is C23H27N3O4S. The third kappa shape index (κ3) is 5.72. The number of hydrogen-bond donors (Lipinski definition) is 1. The first-order chi connectivity index (χ1) is 15.0. The van der Waals surface area contributed by atoms with Gasteiger partial charge in [0.1, 0.15) is 0 Å². The van der Waals surface area contributed by atoms with Crippen LogP contribution in [0.3, 0.4) is 0 Å². The molecule has 0 saturated carbocycles. The van der Waals surface area contributed by atoms with Gasteiger partial charge in [-0.05, 0) is 47.9 Å². The highest BCUT2D eigenvalue weighted by atomic mass is 32.2. The summed E-state index contributed by atoms with van der Waals surface area (Å²) in [4.78, 5) is 14.7. The van der Waals surface area contributed by atoms with Crippen molar-refractivity contribution in [3.8, 4) is 0 Å². The Kier molecular flexibility index (Phi) is 6.70. The number of carbonyl (C=O) groups is 1. The van der Waals surface area contributed by atoms with Crippen LogP contribution in [0.2, 0.25) is 0 Å². The molecule has 1 amide bonds. The summed E-state index contributed by atoms with van der Waals surface area (Å²) in [5.74, 6) is -0.0163. The van der Waals surface area contributed by atoms with Crippen molar-refractivity contribution in [2.45, 2.75) is 13.0 Å². The van der Waals surface area contributed by atoms with Crippen molar-refractivity contribution in [2.24, 2.45) is 0 Å². The number of anilines is 2. The molecule has 7 nitrogen and oxygen atoms in total. The van der Waals surface area contributed by atoms with Gasteiger partial charge in [0.25, 0.3) is 0 Å². The smallest absolute Gasteiger partial charge is 0.248 e. The van der Waals surface area contributed by atoms with Crippen LogP contribution < -0.4 is 9.62 Å². The summed E-state index contributed by atoms with van der Waals surface area (Å²) in [6, 6.07) is 15.0. The van der Waals surface area contributed by atoms with E-state index in [1.165, 1.54) is 10.4 Å². The van der Waals surface area contributed by atoms with Gasteiger partial charge in [0.15, 0.2) is 0 Å². The molecule has 0 radical (unpaired) electrons. The number of nitrogens with zero attached hydrogens (tertiary/aromatic N) is 2. The molecule has 164 valence electrons. The summed E-state index contributed by atoms with van der Waals surface area (Å²) in [6.07, 6.45) is 3.85. The number of morpholine rings is 1. The molecule has 8 heteroatoms. The van der Waals surface area contributed by atoms with Gasteiger partial charge in [0.05, 0.1) is 24.7 Å². The number of carbonyl (C=O) groups excluding carboxylic acids is 1. The summed E-state index contributed by atoms with van der Waals surface area (Å²) < 4.78 is 30.9. The topological polar surface area (TPSA) is 79.0 Å². The Balaban J connectivity index is 1.33. The van der Waals surface area contributed by atoms with E-state index in [4.69, 9.17) is 4.74 Å². The van der Waals surface area contributed by atoms with E-state index in [0.717, 1.165) is 49.7 Å². The highest BCUT2D eigenvalue weighted by Gasteiger charge is 2.28.